The van der Waals surface area contributed by atoms with Crippen molar-refractivity contribution in [2.75, 3.05) is 44.1 Å². The lowest BCUT2D eigenvalue weighted by atomic mass is 10.2. The molecule has 0 aliphatic heterocycles. The van der Waals surface area contributed by atoms with Crippen molar-refractivity contribution in [3.05, 3.63) is 48.0 Å². The third-order valence-electron chi connectivity index (χ3n) is 4.23. The van der Waals surface area contributed by atoms with Crippen LogP contribution in [0.15, 0.2) is 52.3 Å². The molecule has 0 spiro atoms. The summed E-state index contributed by atoms with van der Waals surface area (Å²) in [5.41, 5.74) is 1.69. The molecular formula is C21H25N3OS3. The van der Waals surface area contributed by atoms with E-state index in [1.165, 1.54) is 0 Å². The molecule has 1 aromatic heterocycles. The highest BCUT2D eigenvalue weighted by Gasteiger charge is 2.22. The first kappa shape index (κ1) is 21.2. The van der Waals surface area contributed by atoms with Gasteiger partial charge in [0, 0.05) is 28.4 Å². The number of thiazole rings is 1. The molecule has 0 N–H and O–H groups in total. The molecule has 1 heterocycles. The van der Waals surface area contributed by atoms with E-state index in [-0.39, 0.29) is 5.91 Å². The van der Waals surface area contributed by atoms with Crippen LogP contribution in [0.25, 0.3) is 10.2 Å². The molecule has 0 saturated heterocycles. The molecule has 0 unspecified atom stereocenters. The second kappa shape index (κ2) is 9.78. The van der Waals surface area contributed by atoms with Crippen LogP contribution in [0, 0.1) is 0 Å². The Bertz CT molecular complexity index is 955. The van der Waals surface area contributed by atoms with Crippen LogP contribution in [0.4, 0.5) is 5.13 Å². The molecule has 148 valence electrons. The number of benzene rings is 2. The number of rotatable bonds is 8. The highest BCUT2D eigenvalue weighted by atomic mass is 32.2. The van der Waals surface area contributed by atoms with Crippen LogP contribution in [0.3, 0.4) is 0 Å². The zero-order valence-corrected chi connectivity index (χ0v) is 19.1. The Labute approximate surface area is 179 Å². The molecule has 28 heavy (non-hydrogen) atoms. The Balaban J connectivity index is 1.99. The summed E-state index contributed by atoms with van der Waals surface area (Å²) < 4.78 is 1.11. The Hall–Kier alpha value is -1.54. The summed E-state index contributed by atoms with van der Waals surface area (Å²) in [6.45, 7) is 3.50. The fraction of sp³-hybridized carbons (Fsp3) is 0.333. The zero-order valence-electron chi connectivity index (χ0n) is 16.6. The lowest BCUT2D eigenvalue weighted by Crippen LogP contribution is -2.36. The van der Waals surface area contributed by atoms with Crippen LogP contribution >= 0.6 is 34.9 Å². The molecule has 3 rings (SSSR count). The Morgan fingerprint density at radius 3 is 2.64 bits per heavy atom. The molecule has 0 saturated carbocycles. The van der Waals surface area contributed by atoms with Gasteiger partial charge < -0.3 is 4.90 Å². The number of para-hydroxylation sites is 1. The molecule has 0 aliphatic rings. The Morgan fingerprint density at radius 1 is 1.14 bits per heavy atom. The standard InChI is InChI=1S/C21H25N3OS3/c1-5-27-16-9-6-8-15(14-16)20(25)24(13-12-23(2)3)21-22-19-17(26-4)10-7-11-18(19)28-21/h6-11,14H,5,12-13H2,1-4H3. The minimum Gasteiger partial charge on any atom is -0.308 e. The monoisotopic (exact) mass is 431 g/mol. The molecule has 1 amide bonds. The number of hydrogen-bond acceptors (Lipinski definition) is 6. The fourth-order valence-corrected chi connectivity index (χ4v) is 5.18. The number of fused-ring (bicyclic) bond motifs is 1. The summed E-state index contributed by atoms with van der Waals surface area (Å²) in [5, 5.41) is 0.761. The van der Waals surface area contributed by atoms with Crippen LogP contribution in [0.2, 0.25) is 0 Å². The minimum absolute atomic E-state index is 0.00478. The first-order valence-electron chi connectivity index (χ1n) is 9.16. The molecule has 4 nitrogen and oxygen atoms in total. The van der Waals surface area contributed by atoms with Gasteiger partial charge in [0.05, 0.1) is 10.2 Å². The highest BCUT2D eigenvalue weighted by molar-refractivity contribution is 7.99. The van der Waals surface area contributed by atoms with Crippen LogP contribution in [-0.2, 0) is 0 Å². The summed E-state index contributed by atoms with van der Waals surface area (Å²) in [4.78, 5) is 24.4. The van der Waals surface area contributed by atoms with Crippen molar-refractivity contribution in [3.63, 3.8) is 0 Å². The van der Waals surface area contributed by atoms with Crippen molar-refractivity contribution in [2.24, 2.45) is 0 Å². The summed E-state index contributed by atoms with van der Waals surface area (Å²) in [5.74, 6) is 0.988. The van der Waals surface area contributed by atoms with Gasteiger partial charge >= 0.3 is 0 Å². The van der Waals surface area contributed by atoms with Gasteiger partial charge in [0.25, 0.3) is 5.91 Å². The van der Waals surface area contributed by atoms with E-state index in [1.54, 1.807) is 34.9 Å². The first-order chi connectivity index (χ1) is 13.5. The average Bonchev–Trinajstić information content (AvgIpc) is 3.12. The molecule has 0 bridgehead atoms. The van der Waals surface area contributed by atoms with E-state index in [2.05, 4.69) is 36.3 Å². The first-order valence-corrected chi connectivity index (χ1v) is 12.2. The SMILES string of the molecule is CCSc1cccc(C(=O)N(CCN(C)C)c2nc3c(SC)cccc3s2)c1. The molecule has 3 aromatic rings. The maximum atomic E-state index is 13.4. The van der Waals surface area contributed by atoms with Crippen LogP contribution in [0.5, 0.6) is 0 Å². The van der Waals surface area contributed by atoms with E-state index in [4.69, 9.17) is 4.98 Å². The van der Waals surface area contributed by atoms with Gasteiger partial charge in [-0.15, -0.1) is 23.5 Å². The van der Waals surface area contributed by atoms with Crippen LogP contribution in [0.1, 0.15) is 17.3 Å². The third-order valence-corrected chi connectivity index (χ3v) is 6.92. The number of carbonyl (C=O) groups excluding carboxylic acids is 1. The number of hydrogen-bond donors (Lipinski definition) is 0. The average molecular weight is 432 g/mol. The number of anilines is 1. The molecule has 7 heteroatoms. The van der Waals surface area contributed by atoms with E-state index >= 15 is 0 Å². The van der Waals surface area contributed by atoms with Crippen molar-refractivity contribution in [1.82, 2.24) is 9.88 Å². The largest absolute Gasteiger partial charge is 0.308 e. The van der Waals surface area contributed by atoms with E-state index < -0.39 is 0 Å². The highest BCUT2D eigenvalue weighted by Crippen LogP contribution is 2.34. The van der Waals surface area contributed by atoms with Gasteiger partial charge in [0.2, 0.25) is 0 Å². The predicted molar refractivity (Wildman–Crippen MR) is 124 cm³/mol. The lowest BCUT2D eigenvalue weighted by Gasteiger charge is -2.22. The van der Waals surface area contributed by atoms with Crippen molar-refractivity contribution < 1.29 is 4.79 Å². The van der Waals surface area contributed by atoms with Crippen LogP contribution < -0.4 is 4.90 Å². The number of nitrogens with zero attached hydrogens (tertiary/aromatic N) is 3. The van der Waals surface area contributed by atoms with E-state index in [0.717, 1.165) is 37.4 Å². The molecule has 0 fully saturated rings. The van der Waals surface area contributed by atoms with Crippen molar-refractivity contribution >= 4 is 56.1 Å². The molecule has 2 aromatic carbocycles. The maximum absolute atomic E-state index is 13.4. The van der Waals surface area contributed by atoms with Gasteiger partial charge in [-0.3, -0.25) is 9.69 Å². The quantitative estimate of drug-likeness (QED) is 0.450. The topological polar surface area (TPSA) is 36.4 Å². The smallest absolute Gasteiger partial charge is 0.260 e. The molecule has 0 atom stereocenters. The van der Waals surface area contributed by atoms with E-state index in [9.17, 15) is 4.79 Å². The summed E-state index contributed by atoms with van der Waals surface area (Å²) >= 11 is 5.01. The second-order valence-electron chi connectivity index (χ2n) is 6.52. The Morgan fingerprint density at radius 2 is 1.93 bits per heavy atom. The van der Waals surface area contributed by atoms with Gasteiger partial charge in [-0.05, 0) is 56.4 Å². The third kappa shape index (κ3) is 4.89. The number of carbonyl (C=O) groups is 1. The van der Waals surface area contributed by atoms with E-state index in [1.807, 2.05) is 43.3 Å². The van der Waals surface area contributed by atoms with Crippen molar-refractivity contribution in [1.29, 1.82) is 0 Å². The number of aromatic nitrogens is 1. The Kier molecular flexibility index (Phi) is 7.40. The normalized spacial score (nSPS) is 11.3. The summed E-state index contributed by atoms with van der Waals surface area (Å²) in [6.07, 6.45) is 2.06. The van der Waals surface area contributed by atoms with Gasteiger partial charge in [0.15, 0.2) is 5.13 Å². The van der Waals surface area contributed by atoms with Gasteiger partial charge in [-0.25, -0.2) is 4.98 Å². The minimum atomic E-state index is 0.00478. The van der Waals surface area contributed by atoms with Crippen molar-refractivity contribution in [2.45, 2.75) is 16.7 Å². The molecule has 0 radical (unpaired) electrons. The fourth-order valence-electron chi connectivity index (χ4n) is 2.82. The van der Waals surface area contributed by atoms with Gasteiger partial charge in [-0.1, -0.05) is 30.4 Å². The van der Waals surface area contributed by atoms with Gasteiger partial charge in [-0.2, -0.15) is 0 Å². The van der Waals surface area contributed by atoms with Crippen LogP contribution in [-0.4, -0.2) is 55.0 Å². The summed E-state index contributed by atoms with van der Waals surface area (Å²) in [6, 6.07) is 14.1. The van der Waals surface area contributed by atoms with Gasteiger partial charge in [0.1, 0.15) is 0 Å². The zero-order chi connectivity index (χ0) is 20.1. The van der Waals surface area contributed by atoms with E-state index in [0.29, 0.717) is 12.1 Å². The second-order valence-corrected chi connectivity index (χ2v) is 9.72. The molecule has 0 aliphatic carbocycles. The number of thioether (sulfide) groups is 2. The number of amides is 1. The lowest BCUT2D eigenvalue weighted by molar-refractivity contribution is 0.0985. The maximum Gasteiger partial charge on any atom is 0.260 e. The summed E-state index contributed by atoms with van der Waals surface area (Å²) in [7, 11) is 4.04. The molecular weight excluding hydrogens is 406 g/mol. The van der Waals surface area contributed by atoms with Crippen molar-refractivity contribution in [3.8, 4) is 0 Å². The predicted octanol–water partition coefficient (Wildman–Crippen LogP) is 5.34. The number of likely N-dealkylation sites (N-methyl/N-ethyl adjacent to an activating group) is 1.